The van der Waals surface area contributed by atoms with E-state index < -0.39 is 20.9 Å². The molecule has 2 aromatic rings. The Morgan fingerprint density at radius 1 is 1.17 bits per heavy atom. The fraction of sp³-hybridized carbons (Fsp3) is 0.133. The van der Waals surface area contributed by atoms with Crippen LogP contribution in [0.3, 0.4) is 0 Å². The number of hydrogen-bond donors (Lipinski definition) is 2. The van der Waals surface area contributed by atoms with E-state index in [1.54, 1.807) is 0 Å². The number of hydrogen-bond acceptors (Lipinski definition) is 5. The lowest BCUT2D eigenvalue weighted by atomic mass is 10.1. The van der Waals surface area contributed by atoms with Crippen LogP contribution < -0.4 is 10.0 Å². The van der Waals surface area contributed by atoms with E-state index >= 15 is 0 Å². The summed E-state index contributed by atoms with van der Waals surface area (Å²) in [5.41, 5.74) is 0.613. The molecule has 0 heterocycles. The van der Waals surface area contributed by atoms with Gasteiger partial charge in [-0.25, -0.2) is 13.1 Å². The smallest absolute Gasteiger partial charge is 0.274 e. The number of benzene rings is 2. The van der Waals surface area contributed by atoms with Gasteiger partial charge < -0.3 is 5.32 Å². The number of rotatable bonds is 5. The molecule has 1 amide bonds. The molecule has 0 aliphatic rings. The Bertz CT molecular complexity index is 909. The summed E-state index contributed by atoms with van der Waals surface area (Å²) in [5, 5.41) is 13.5. The lowest BCUT2D eigenvalue weighted by Gasteiger charge is -2.09. The van der Waals surface area contributed by atoms with E-state index in [4.69, 9.17) is 0 Å². The number of nitro benzene ring substituents is 1. The van der Waals surface area contributed by atoms with Crippen LogP contribution in [0.1, 0.15) is 15.9 Å². The molecule has 24 heavy (non-hydrogen) atoms. The zero-order valence-corrected chi connectivity index (χ0v) is 13.8. The second-order valence-electron chi connectivity index (χ2n) is 4.90. The lowest BCUT2D eigenvalue weighted by molar-refractivity contribution is -0.385. The summed E-state index contributed by atoms with van der Waals surface area (Å²) in [5.74, 6) is -0.563. The fourth-order valence-electron chi connectivity index (χ4n) is 2.07. The van der Waals surface area contributed by atoms with E-state index in [1.807, 2.05) is 0 Å². The van der Waals surface area contributed by atoms with Gasteiger partial charge in [-0.2, -0.15) is 0 Å². The van der Waals surface area contributed by atoms with Crippen LogP contribution in [0.15, 0.2) is 47.4 Å². The summed E-state index contributed by atoms with van der Waals surface area (Å²) in [6.45, 7) is 1.52. The van der Waals surface area contributed by atoms with Crippen molar-refractivity contribution >= 4 is 27.3 Å². The Morgan fingerprint density at radius 3 is 2.46 bits per heavy atom. The van der Waals surface area contributed by atoms with Gasteiger partial charge in [0.15, 0.2) is 0 Å². The SMILES string of the molecule is CNS(=O)(=O)c1cccc(C(=O)Nc2cccc([N+](=O)[O-])c2C)c1. The average molecular weight is 349 g/mol. The van der Waals surface area contributed by atoms with Gasteiger partial charge >= 0.3 is 0 Å². The van der Waals surface area contributed by atoms with Crippen LogP contribution in [-0.2, 0) is 10.0 Å². The molecule has 0 bridgehead atoms. The Labute approximate surface area is 138 Å². The number of carbonyl (C=O) groups is 1. The van der Waals surface area contributed by atoms with Crippen LogP contribution >= 0.6 is 0 Å². The summed E-state index contributed by atoms with van der Waals surface area (Å²) in [6.07, 6.45) is 0. The Morgan fingerprint density at radius 2 is 1.83 bits per heavy atom. The predicted octanol–water partition coefficient (Wildman–Crippen LogP) is 2.06. The molecule has 126 valence electrons. The zero-order chi connectivity index (χ0) is 17.9. The van der Waals surface area contributed by atoms with Gasteiger partial charge in [-0.3, -0.25) is 14.9 Å². The molecule has 0 saturated heterocycles. The van der Waals surface area contributed by atoms with E-state index in [0.717, 1.165) is 0 Å². The van der Waals surface area contributed by atoms with Gasteiger partial charge in [0, 0.05) is 11.6 Å². The molecule has 0 aliphatic heterocycles. The maximum Gasteiger partial charge on any atom is 0.274 e. The number of nitrogens with one attached hydrogen (secondary N) is 2. The van der Waals surface area contributed by atoms with Crippen LogP contribution in [0.25, 0.3) is 0 Å². The van der Waals surface area contributed by atoms with Gasteiger partial charge in [-0.1, -0.05) is 12.1 Å². The summed E-state index contributed by atoms with van der Waals surface area (Å²) in [4.78, 5) is 22.7. The van der Waals surface area contributed by atoms with E-state index in [9.17, 15) is 23.3 Å². The normalized spacial score (nSPS) is 11.1. The van der Waals surface area contributed by atoms with E-state index in [0.29, 0.717) is 5.56 Å². The average Bonchev–Trinajstić information content (AvgIpc) is 2.56. The van der Waals surface area contributed by atoms with Crippen molar-refractivity contribution in [3.63, 3.8) is 0 Å². The van der Waals surface area contributed by atoms with Crippen molar-refractivity contribution in [3.8, 4) is 0 Å². The first-order chi connectivity index (χ1) is 11.3. The highest BCUT2D eigenvalue weighted by Gasteiger charge is 2.17. The van der Waals surface area contributed by atoms with Crippen LogP contribution in [0.4, 0.5) is 11.4 Å². The van der Waals surface area contributed by atoms with E-state index in [-0.39, 0.29) is 21.8 Å². The van der Waals surface area contributed by atoms with Crippen molar-refractivity contribution in [1.29, 1.82) is 0 Å². The second kappa shape index (κ2) is 6.77. The predicted molar refractivity (Wildman–Crippen MR) is 88.5 cm³/mol. The van der Waals surface area contributed by atoms with Gasteiger partial charge in [-0.05, 0) is 38.2 Å². The summed E-state index contributed by atoms with van der Waals surface area (Å²) in [7, 11) is -2.40. The lowest BCUT2D eigenvalue weighted by Crippen LogP contribution is -2.19. The molecule has 8 nitrogen and oxygen atoms in total. The maximum atomic E-state index is 12.3. The molecule has 0 saturated carbocycles. The standard InChI is InChI=1S/C15H15N3O5S/c1-10-13(7-4-8-14(10)18(20)21)17-15(19)11-5-3-6-12(9-11)24(22,23)16-2/h3-9,16H,1-2H3,(H,17,19). The summed E-state index contributed by atoms with van der Waals surface area (Å²) in [6, 6.07) is 9.83. The number of nitrogens with zero attached hydrogens (tertiary/aromatic N) is 1. The molecule has 2 N–H and O–H groups in total. The number of nitro groups is 1. The minimum Gasteiger partial charge on any atom is -0.321 e. The fourth-order valence-corrected chi connectivity index (χ4v) is 2.85. The monoisotopic (exact) mass is 349 g/mol. The molecule has 0 atom stereocenters. The third kappa shape index (κ3) is 3.58. The van der Waals surface area contributed by atoms with E-state index in [1.165, 1.54) is 56.4 Å². The summed E-state index contributed by atoms with van der Waals surface area (Å²) < 4.78 is 25.7. The van der Waals surface area contributed by atoms with Crippen molar-refractivity contribution in [1.82, 2.24) is 4.72 Å². The first kappa shape index (κ1) is 17.6. The van der Waals surface area contributed by atoms with Gasteiger partial charge in [0.1, 0.15) is 0 Å². The van der Waals surface area contributed by atoms with Gasteiger partial charge in [0.2, 0.25) is 10.0 Å². The Balaban J connectivity index is 2.33. The van der Waals surface area contributed by atoms with Crippen molar-refractivity contribution in [3.05, 3.63) is 63.7 Å². The first-order valence-corrected chi connectivity index (χ1v) is 8.33. The molecular weight excluding hydrogens is 334 g/mol. The third-order valence-corrected chi connectivity index (χ3v) is 4.84. The molecule has 2 aromatic carbocycles. The first-order valence-electron chi connectivity index (χ1n) is 6.85. The topological polar surface area (TPSA) is 118 Å². The molecule has 2 rings (SSSR count). The minimum atomic E-state index is -3.67. The Hall–Kier alpha value is -2.78. The number of carbonyl (C=O) groups excluding carboxylic acids is 1. The van der Waals surface area contributed by atoms with Crippen LogP contribution in [-0.4, -0.2) is 26.3 Å². The molecule has 0 spiro atoms. The molecule has 0 aromatic heterocycles. The van der Waals surface area contributed by atoms with Crippen LogP contribution in [0.5, 0.6) is 0 Å². The van der Waals surface area contributed by atoms with Gasteiger partial charge in [0.05, 0.1) is 21.1 Å². The second-order valence-corrected chi connectivity index (χ2v) is 6.78. The molecule has 9 heteroatoms. The van der Waals surface area contributed by atoms with Crippen molar-refractivity contribution in [2.75, 3.05) is 12.4 Å². The highest BCUT2D eigenvalue weighted by Crippen LogP contribution is 2.25. The third-order valence-electron chi connectivity index (χ3n) is 3.43. The molecule has 0 unspecified atom stereocenters. The Kier molecular flexibility index (Phi) is 4.96. The highest BCUT2D eigenvalue weighted by molar-refractivity contribution is 7.89. The molecule has 0 radical (unpaired) electrons. The number of sulfonamides is 1. The number of anilines is 1. The number of amides is 1. The maximum absolute atomic E-state index is 12.3. The molecular formula is C15H15N3O5S. The minimum absolute atomic E-state index is 0.0478. The molecule has 0 fully saturated rings. The summed E-state index contributed by atoms with van der Waals surface area (Å²) >= 11 is 0. The van der Waals surface area contributed by atoms with Gasteiger partial charge in [0.25, 0.3) is 11.6 Å². The zero-order valence-electron chi connectivity index (χ0n) is 12.9. The van der Waals surface area contributed by atoms with Crippen LogP contribution in [0, 0.1) is 17.0 Å². The van der Waals surface area contributed by atoms with Crippen molar-refractivity contribution in [2.45, 2.75) is 11.8 Å². The van der Waals surface area contributed by atoms with Crippen molar-refractivity contribution < 1.29 is 18.1 Å². The van der Waals surface area contributed by atoms with Crippen LogP contribution in [0.2, 0.25) is 0 Å². The largest absolute Gasteiger partial charge is 0.321 e. The van der Waals surface area contributed by atoms with Gasteiger partial charge in [-0.15, -0.1) is 0 Å². The van der Waals surface area contributed by atoms with Crippen molar-refractivity contribution in [2.24, 2.45) is 0 Å². The van der Waals surface area contributed by atoms with E-state index in [2.05, 4.69) is 10.0 Å². The quantitative estimate of drug-likeness (QED) is 0.633. The highest BCUT2D eigenvalue weighted by atomic mass is 32.2. The molecule has 0 aliphatic carbocycles.